The highest BCUT2D eigenvalue weighted by Gasteiger charge is 2.34. The largest absolute Gasteiger partial charge is 0.381 e. The monoisotopic (exact) mass is 254 g/mol. The molecule has 2 saturated heterocycles. The molecular weight excluding hydrogens is 224 g/mol. The molecule has 0 aliphatic carbocycles. The van der Waals surface area contributed by atoms with Crippen LogP contribution in [0.2, 0.25) is 0 Å². The van der Waals surface area contributed by atoms with E-state index < -0.39 is 0 Å². The topological polar surface area (TPSA) is 33.3 Å². The van der Waals surface area contributed by atoms with Gasteiger partial charge in [-0.15, -0.1) is 0 Å². The van der Waals surface area contributed by atoms with Crippen LogP contribution in [0.3, 0.4) is 0 Å². The zero-order chi connectivity index (χ0) is 12.9. The van der Waals surface area contributed by atoms with E-state index in [0.29, 0.717) is 11.0 Å². The first-order valence-electron chi connectivity index (χ1n) is 7.72. The molecule has 0 aromatic rings. The van der Waals surface area contributed by atoms with Crippen LogP contribution in [0, 0.1) is 5.41 Å². The molecule has 0 saturated carbocycles. The summed E-state index contributed by atoms with van der Waals surface area (Å²) in [7, 11) is 0. The summed E-state index contributed by atoms with van der Waals surface area (Å²) in [5, 5.41) is 7.38. The van der Waals surface area contributed by atoms with Crippen LogP contribution in [0.15, 0.2) is 0 Å². The molecule has 18 heavy (non-hydrogen) atoms. The van der Waals surface area contributed by atoms with Crippen molar-refractivity contribution in [2.75, 3.05) is 32.8 Å². The minimum Gasteiger partial charge on any atom is -0.381 e. The summed E-state index contributed by atoms with van der Waals surface area (Å²) in [4.78, 5) is 0. The van der Waals surface area contributed by atoms with Crippen LogP contribution < -0.4 is 10.6 Å². The van der Waals surface area contributed by atoms with Crippen LogP contribution in [-0.4, -0.2) is 38.4 Å². The van der Waals surface area contributed by atoms with Crippen molar-refractivity contribution in [1.29, 1.82) is 0 Å². The number of rotatable bonds is 5. The van der Waals surface area contributed by atoms with Gasteiger partial charge in [-0.1, -0.05) is 13.3 Å². The summed E-state index contributed by atoms with van der Waals surface area (Å²) in [6.45, 7) is 10.1. The van der Waals surface area contributed by atoms with Crippen LogP contribution >= 0.6 is 0 Å². The van der Waals surface area contributed by atoms with Crippen LogP contribution in [0.1, 0.15) is 52.4 Å². The summed E-state index contributed by atoms with van der Waals surface area (Å²) in [5.41, 5.74) is 0.852. The number of ether oxygens (including phenoxy) is 1. The van der Waals surface area contributed by atoms with Crippen molar-refractivity contribution in [3.63, 3.8) is 0 Å². The quantitative estimate of drug-likeness (QED) is 0.790. The fourth-order valence-electron chi connectivity index (χ4n) is 3.40. The van der Waals surface area contributed by atoms with E-state index >= 15 is 0 Å². The van der Waals surface area contributed by atoms with Crippen molar-refractivity contribution < 1.29 is 4.74 Å². The van der Waals surface area contributed by atoms with E-state index in [9.17, 15) is 0 Å². The van der Waals surface area contributed by atoms with Gasteiger partial charge in [0.1, 0.15) is 0 Å². The van der Waals surface area contributed by atoms with E-state index in [1.54, 1.807) is 0 Å². The van der Waals surface area contributed by atoms with Gasteiger partial charge in [0.2, 0.25) is 0 Å². The fraction of sp³-hybridized carbons (Fsp3) is 1.00. The number of hydrogen-bond acceptors (Lipinski definition) is 3. The van der Waals surface area contributed by atoms with Crippen molar-refractivity contribution in [2.24, 2.45) is 5.41 Å². The maximum Gasteiger partial charge on any atom is 0.0483 e. The Morgan fingerprint density at radius 2 is 1.78 bits per heavy atom. The first-order chi connectivity index (χ1) is 8.68. The van der Waals surface area contributed by atoms with Gasteiger partial charge in [-0.05, 0) is 57.5 Å². The smallest absolute Gasteiger partial charge is 0.0483 e. The lowest BCUT2D eigenvalue weighted by atomic mass is 9.74. The molecule has 2 rings (SSSR count). The average Bonchev–Trinajstić information content (AvgIpc) is 2.39. The first-order valence-corrected chi connectivity index (χ1v) is 7.72. The van der Waals surface area contributed by atoms with Gasteiger partial charge in [-0.3, -0.25) is 0 Å². The molecule has 0 aromatic carbocycles. The highest BCUT2D eigenvalue weighted by Crippen LogP contribution is 2.34. The number of piperidine rings is 1. The summed E-state index contributed by atoms with van der Waals surface area (Å²) in [6.07, 6.45) is 7.66. The second kappa shape index (κ2) is 6.36. The van der Waals surface area contributed by atoms with Gasteiger partial charge in [0.05, 0.1) is 0 Å². The molecular formula is C15H30N2O. The summed E-state index contributed by atoms with van der Waals surface area (Å²) >= 11 is 0. The Kier molecular flexibility index (Phi) is 5.05. The van der Waals surface area contributed by atoms with Crippen LogP contribution in [0.4, 0.5) is 0 Å². The fourth-order valence-corrected chi connectivity index (χ4v) is 3.40. The maximum atomic E-state index is 5.48. The lowest BCUT2D eigenvalue weighted by molar-refractivity contribution is 0.0364. The zero-order valence-electron chi connectivity index (χ0n) is 12.2. The Labute approximate surface area is 112 Å². The third-order valence-corrected chi connectivity index (χ3v) is 4.93. The zero-order valence-corrected chi connectivity index (χ0v) is 12.2. The molecule has 3 heteroatoms. The molecule has 0 radical (unpaired) electrons. The summed E-state index contributed by atoms with van der Waals surface area (Å²) < 4.78 is 5.48. The summed E-state index contributed by atoms with van der Waals surface area (Å²) in [6, 6.07) is 0. The normalized spacial score (nSPS) is 27.0. The Bertz CT molecular complexity index is 237. The molecule has 2 fully saturated rings. The SMILES string of the molecule is CCCC1(CNC2(C)CCOCC2)CCNCC1. The molecule has 0 unspecified atom stereocenters. The van der Waals surface area contributed by atoms with Crippen molar-refractivity contribution in [1.82, 2.24) is 10.6 Å². The van der Waals surface area contributed by atoms with Gasteiger partial charge >= 0.3 is 0 Å². The lowest BCUT2D eigenvalue weighted by Crippen LogP contribution is -2.52. The standard InChI is InChI=1S/C15H30N2O/c1-3-4-15(5-9-16-10-6-15)13-17-14(2)7-11-18-12-8-14/h16-17H,3-13H2,1-2H3. The Morgan fingerprint density at radius 1 is 1.11 bits per heavy atom. The predicted molar refractivity (Wildman–Crippen MR) is 75.9 cm³/mol. The van der Waals surface area contributed by atoms with E-state index in [2.05, 4.69) is 24.5 Å². The Balaban J connectivity index is 1.88. The van der Waals surface area contributed by atoms with E-state index in [1.165, 1.54) is 45.3 Å². The molecule has 0 bridgehead atoms. The maximum absolute atomic E-state index is 5.48. The highest BCUT2D eigenvalue weighted by atomic mass is 16.5. The Hall–Kier alpha value is -0.120. The van der Waals surface area contributed by atoms with Gasteiger partial charge in [-0.25, -0.2) is 0 Å². The molecule has 3 nitrogen and oxygen atoms in total. The van der Waals surface area contributed by atoms with Crippen molar-refractivity contribution in [3.05, 3.63) is 0 Å². The molecule has 2 N–H and O–H groups in total. The molecule has 2 aliphatic heterocycles. The van der Waals surface area contributed by atoms with Gasteiger partial charge in [0, 0.05) is 25.3 Å². The second-order valence-corrected chi connectivity index (χ2v) is 6.53. The van der Waals surface area contributed by atoms with Crippen LogP contribution in [-0.2, 0) is 4.74 Å². The molecule has 0 spiro atoms. The third-order valence-electron chi connectivity index (χ3n) is 4.93. The molecule has 106 valence electrons. The molecule has 0 aromatic heterocycles. The minimum atomic E-state index is 0.309. The summed E-state index contributed by atoms with van der Waals surface area (Å²) in [5.74, 6) is 0. The molecule has 2 heterocycles. The van der Waals surface area contributed by atoms with E-state index in [1.807, 2.05) is 0 Å². The van der Waals surface area contributed by atoms with Gasteiger partial charge < -0.3 is 15.4 Å². The molecule has 2 aliphatic rings. The Morgan fingerprint density at radius 3 is 2.39 bits per heavy atom. The van der Waals surface area contributed by atoms with Gasteiger partial charge in [-0.2, -0.15) is 0 Å². The first kappa shape index (κ1) is 14.3. The second-order valence-electron chi connectivity index (χ2n) is 6.53. The number of hydrogen-bond donors (Lipinski definition) is 2. The molecule has 0 atom stereocenters. The van der Waals surface area contributed by atoms with Gasteiger partial charge in [0.15, 0.2) is 0 Å². The van der Waals surface area contributed by atoms with E-state index in [-0.39, 0.29) is 0 Å². The number of nitrogens with one attached hydrogen (secondary N) is 2. The van der Waals surface area contributed by atoms with Crippen molar-refractivity contribution in [3.8, 4) is 0 Å². The van der Waals surface area contributed by atoms with Gasteiger partial charge in [0.25, 0.3) is 0 Å². The van der Waals surface area contributed by atoms with E-state index in [4.69, 9.17) is 4.74 Å². The minimum absolute atomic E-state index is 0.309. The molecule has 0 amide bonds. The van der Waals surface area contributed by atoms with Crippen LogP contribution in [0.25, 0.3) is 0 Å². The third kappa shape index (κ3) is 3.69. The van der Waals surface area contributed by atoms with Crippen molar-refractivity contribution >= 4 is 0 Å². The predicted octanol–water partition coefficient (Wildman–Crippen LogP) is 2.32. The highest BCUT2D eigenvalue weighted by molar-refractivity contribution is 4.92. The lowest BCUT2D eigenvalue weighted by Gasteiger charge is -2.43. The van der Waals surface area contributed by atoms with Crippen molar-refractivity contribution in [2.45, 2.75) is 57.9 Å². The van der Waals surface area contributed by atoms with Crippen LogP contribution in [0.5, 0.6) is 0 Å². The average molecular weight is 254 g/mol. The van der Waals surface area contributed by atoms with E-state index in [0.717, 1.165) is 26.1 Å².